The molecule has 0 saturated carbocycles. The lowest BCUT2D eigenvalue weighted by Crippen LogP contribution is -2.50. The van der Waals surface area contributed by atoms with Crippen LogP contribution in [0.5, 0.6) is 23.0 Å². The summed E-state index contributed by atoms with van der Waals surface area (Å²) in [5.74, 6) is 1.46. The van der Waals surface area contributed by atoms with E-state index in [0.717, 1.165) is 5.69 Å². The van der Waals surface area contributed by atoms with Crippen LogP contribution in [0.1, 0.15) is 24.8 Å². The molecule has 0 radical (unpaired) electrons. The van der Waals surface area contributed by atoms with Crippen molar-refractivity contribution in [1.29, 1.82) is 0 Å². The minimum Gasteiger partial charge on any atom is -0.493 e. The van der Waals surface area contributed by atoms with Crippen LogP contribution in [-0.2, 0) is 23.8 Å². The van der Waals surface area contributed by atoms with Gasteiger partial charge in [0.05, 0.1) is 39.9 Å². The molecule has 0 amide bonds. The van der Waals surface area contributed by atoms with Gasteiger partial charge < -0.3 is 23.8 Å². The first kappa shape index (κ1) is 29.9. The smallest absolute Gasteiger partial charge is 0.198 e. The van der Waals surface area contributed by atoms with Crippen LogP contribution in [0, 0.1) is 0 Å². The van der Waals surface area contributed by atoms with Crippen molar-refractivity contribution < 1.29 is 35.8 Å². The molecule has 1 aliphatic heterocycles. The van der Waals surface area contributed by atoms with Crippen molar-refractivity contribution in [3.05, 3.63) is 42.0 Å². The number of sulfone groups is 2. The highest BCUT2D eigenvalue weighted by Gasteiger charge is 2.57. The normalized spacial score (nSPS) is 17.4. The monoisotopic (exact) mass is 563 g/mol. The summed E-state index contributed by atoms with van der Waals surface area (Å²) in [5, 5.41) is 0. The molecule has 1 aliphatic rings. The van der Waals surface area contributed by atoms with Crippen LogP contribution in [0.2, 0.25) is 0 Å². The number of hydrogen-bond donors (Lipinski definition) is 0. The largest absolute Gasteiger partial charge is 0.493 e. The Hall–Kier alpha value is -2.37. The molecule has 2 aromatic rings. The van der Waals surface area contributed by atoms with E-state index >= 15 is 0 Å². The predicted octanol–water partition coefficient (Wildman–Crippen LogP) is 3.45. The SMILES string of the molecule is COc1ccc(N(C)CCCC2(c3ccc(OC)c(OC)c3)S(=O)(=O)CCCS2(=O)=O)cc1OC.Cl. The maximum absolute atomic E-state index is 13.5. The number of methoxy groups -OCH3 is 4. The molecule has 0 N–H and O–H groups in total. The summed E-state index contributed by atoms with van der Waals surface area (Å²) in [7, 11) is -0.174. The summed E-state index contributed by atoms with van der Waals surface area (Å²) in [5.41, 5.74) is 1.01. The second-order valence-corrected chi connectivity index (χ2v) is 13.3. The molecular weight excluding hydrogens is 530 g/mol. The zero-order valence-electron chi connectivity index (χ0n) is 21.1. The standard InChI is InChI=1S/C24H33NO8S2.ClH/c1-25(19-9-11-21(31-3)23(17-19)33-5)13-6-12-24(34(26,27)14-7-15-35(24,28)29)18-8-10-20(30-2)22(16-18)32-4;/h8-11,16-17H,6-7,12-15H2,1-5H3;1H. The van der Waals surface area contributed by atoms with Crippen LogP contribution >= 0.6 is 12.4 Å². The Kier molecular flexibility index (Phi) is 9.77. The van der Waals surface area contributed by atoms with Crippen molar-refractivity contribution in [1.82, 2.24) is 0 Å². The van der Waals surface area contributed by atoms with Gasteiger partial charge in [-0.3, -0.25) is 0 Å². The fraction of sp³-hybridized carbons (Fsp3) is 0.500. The van der Waals surface area contributed by atoms with E-state index in [1.165, 1.54) is 26.4 Å². The summed E-state index contributed by atoms with van der Waals surface area (Å²) in [6.07, 6.45) is 0.327. The molecule has 0 atom stereocenters. The van der Waals surface area contributed by atoms with Gasteiger partial charge in [-0.2, -0.15) is 0 Å². The van der Waals surface area contributed by atoms with Gasteiger partial charge in [0.2, 0.25) is 0 Å². The lowest BCUT2D eigenvalue weighted by Gasteiger charge is -2.37. The molecule has 1 fully saturated rings. The van der Waals surface area contributed by atoms with Crippen LogP contribution < -0.4 is 23.8 Å². The van der Waals surface area contributed by atoms with Gasteiger partial charge in [0.1, 0.15) is 0 Å². The number of anilines is 1. The summed E-state index contributed by atoms with van der Waals surface area (Å²) in [6.45, 7) is 0.426. The van der Waals surface area contributed by atoms with E-state index in [1.54, 1.807) is 26.4 Å². The third kappa shape index (κ3) is 5.33. The summed E-state index contributed by atoms with van der Waals surface area (Å²) in [6, 6.07) is 9.99. The number of ether oxygens (including phenoxy) is 4. The predicted molar refractivity (Wildman–Crippen MR) is 143 cm³/mol. The number of hydrogen-bond acceptors (Lipinski definition) is 9. The molecule has 36 heavy (non-hydrogen) atoms. The zero-order chi connectivity index (χ0) is 25.9. The minimum atomic E-state index is -4.01. The first-order valence-electron chi connectivity index (χ1n) is 11.2. The van der Waals surface area contributed by atoms with Crippen LogP contribution in [0.25, 0.3) is 0 Å². The van der Waals surface area contributed by atoms with E-state index in [2.05, 4.69) is 0 Å². The van der Waals surface area contributed by atoms with E-state index in [9.17, 15) is 16.8 Å². The van der Waals surface area contributed by atoms with Gasteiger partial charge in [0.25, 0.3) is 0 Å². The Labute approximate surface area is 219 Å². The molecule has 9 nitrogen and oxygen atoms in total. The number of halogens is 1. The third-order valence-corrected chi connectivity index (χ3v) is 12.5. The van der Waals surface area contributed by atoms with Crippen LogP contribution in [0.15, 0.2) is 36.4 Å². The molecule has 12 heteroatoms. The van der Waals surface area contributed by atoms with Gasteiger partial charge in [-0.15, -0.1) is 12.4 Å². The fourth-order valence-electron chi connectivity index (χ4n) is 4.59. The molecule has 1 saturated heterocycles. The Morgan fingerprint density at radius 2 is 1.28 bits per heavy atom. The molecule has 0 unspecified atom stereocenters. The summed E-state index contributed by atoms with van der Waals surface area (Å²) in [4.78, 5) is 1.92. The first-order chi connectivity index (χ1) is 16.6. The summed E-state index contributed by atoms with van der Waals surface area (Å²) < 4.78 is 73.1. The lowest BCUT2D eigenvalue weighted by atomic mass is 10.1. The fourth-order valence-corrected chi connectivity index (χ4v) is 10.4. The number of rotatable bonds is 10. The Bertz CT molecular complexity index is 1230. The van der Waals surface area contributed by atoms with E-state index < -0.39 is 23.8 Å². The van der Waals surface area contributed by atoms with Crippen molar-refractivity contribution in [2.24, 2.45) is 0 Å². The molecular formula is C24H34ClNO8S2. The Morgan fingerprint density at radius 3 is 1.81 bits per heavy atom. The highest BCUT2D eigenvalue weighted by Crippen LogP contribution is 2.47. The molecule has 3 rings (SSSR count). The van der Waals surface area contributed by atoms with Crippen molar-refractivity contribution in [3.63, 3.8) is 0 Å². The number of nitrogens with zero attached hydrogens (tertiary/aromatic N) is 1. The third-order valence-electron chi connectivity index (χ3n) is 6.46. The topological polar surface area (TPSA) is 108 Å². The van der Waals surface area contributed by atoms with Crippen LogP contribution in [-0.4, -0.2) is 70.4 Å². The average molecular weight is 564 g/mol. The molecule has 0 bridgehead atoms. The molecule has 0 spiro atoms. The van der Waals surface area contributed by atoms with Crippen molar-refractivity contribution >= 4 is 37.8 Å². The van der Waals surface area contributed by atoms with Crippen LogP contribution in [0.4, 0.5) is 5.69 Å². The minimum absolute atomic E-state index is 0. The molecule has 2 aromatic carbocycles. The molecule has 1 heterocycles. The quantitative estimate of drug-likeness (QED) is 0.429. The van der Waals surface area contributed by atoms with Crippen molar-refractivity contribution in [3.8, 4) is 23.0 Å². The molecule has 0 aliphatic carbocycles. The summed E-state index contributed by atoms with van der Waals surface area (Å²) >= 11 is 0. The van der Waals surface area contributed by atoms with Gasteiger partial charge in [-0.05, 0) is 49.1 Å². The molecule has 202 valence electrons. The highest BCUT2D eigenvalue weighted by atomic mass is 35.5. The zero-order valence-corrected chi connectivity index (χ0v) is 23.6. The van der Waals surface area contributed by atoms with E-state index in [0.29, 0.717) is 30.2 Å². The highest BCUT2D eigenvalue weighted by molar-refractivity contribution is 8.10. The van der Waals surface area contributed by atoms with Gasteiger partial charge in [-0.25, -0.2) is 16.8 Å². The lowest BCUT2D eigenvalue weighted by molar-refractivity contribution is 0.354. The van der Waals surface area contributed by atoms with Gasteiger partial charge >= 0.3 is 0 Å². The molecule has 0 aromatic heterocycles. The van der Waals surface area contributed by atoms with E-state index in [4.69, 9.17) is 18.9 Å². The van der Waals surface area contributed by atoms with Gasteiger partial charge in [-0.1, -0.05) is 6.07 Å². The van der Waals surface area contributed by atoms with E-state index in [1.807, 2.05) is 24.1 Å². The average Bonchev–Trinajstić information content (AvgIpc) is 2.84. The van der Waals surface area contributed by atoms with Gasteiger partial charge in [0.15, 0.2) is 46.8 Å². The van der Waals surface area contributed by atoms with Gasteiger partial charge in [0, 0.05) is 25.3 Å². The number of benzene rings is 2. The maximum atomic E-state index is 13.5. The van der Waals surface area contributed by atoms with E-state index in [-0.39, 0.29) is 48.1 Å². The van der Waals surface area contributed by atoms with Crippen molar-refractivity contribution in [2.75, 3.05) is 58.4 Å². The first-order valence-corrected chi connectivity index (χ1v) is 14.5. The second-order valence-electron chi connectivity index (χ2n) is 8.38. The Balaban J connectivity index is 0.00000456. The second kappa shape index (κ2) is 11.8. The Morgan fingerprint density at radius 1 is 0.778 bits per heavy atom. The maximum Gasteiger partial charge on any atom is 0.198 e. The van der Waals surface area contributed by atoms with Crippen molar-refractivity contribution in [2.45, 2.75) is 23.3 Å². The van der Waals surface area contributed by atoms with Crippen LogP contribution in [0.3, 0.4) is 0 Å².